The Bertz CT molecular complexity index is 1080. The second-order valence-corrected chi connectivity index (χ2v) is 8.23. The molecule has 2 aliphatic heterocycles. The first-order valence-electron chi connectivity index (χ1n) is 8.82. The van der Waals surface area contributed by atoms with E-state index < -0.39 is 5.41 Å². The van der Waals surface area contributed by atoms with Gasteiger partial charge in [0.05, 0.1) is 21.9 Å². The van der Waals surface area contributed by atoms with Crippen molar-refractivity contribution in [3.05, 3.63) is 70.1 Å². The highest BCUT2D eigenvalue weighted by molar-refractivity contribution is 9.10. The molecule has 3 heterocycles. The molecule has 4 nitrogen and oxygen atoms in total. The van der Waals surface area contributed by atoms with Gasteiger partial charge in [-0.05, 0) is 27.6 Å². The van der Waals surface area contributed by atoms with E-state index in [1.165, 1.54) is 11.6 Å². The Hall–Kier alpha value is -2.31. The van der Waals surface area contributed by atoms with Crippen molar-refractivity contribution in [3.63, 3.8) is 0 Å². The molecule has 136 valence electrons. The molecule has 2 aromatic carbocycles. The molecule has 1 aromatic heterocycles. The lowest BCUT2D eigenvalue weighted by molar-refractivity contribution is -0.129. The number of likely N-dealkylation sites (tertiary alicyclic amines) is 1. The maximum Gasteiger partial charge on any atom is 0.240 e. The molecule has 6 heteroatoms. The number of pyridine rings is 1. The Morgan fingerprint density at radius 3 is 2.70 bits per heavy atom. The Labute approximate surface area is 164 Å². The van der Waals surface area contributed by atoms with Crippen molar-refractivity contribution >= 4 is 38.4 Å². The average molecular weight is 426 g/mol. The maximum atomic E-state index is 14.0. The largest absolute Gasteiger partial charge is 0.313 e. The van der Waals surface area contributed by atoms with Crippen LogP contribution in [-0.2, 0) is 16.8 Å². The summed E-state index contributed by atoms with van der Waals surface area (Å²) in [5.41, 5.74) is 3.04. The van der Waals surface area contributed by atoms with Crippen molar-refractivity contribution < 1.29 is 9.18 Å². The zero-order chi connectivity index (χ0) is 18.8. The number of fused-ring (bicyclic) bond motifs is 4. The molecule has 0 aliphatic carbocycles. The molecule has 0 N–H and O–H groups in total. The second-order valence-electron chi connectivity index (χ2n) is 7.38. The number of nitrogens with zero attached hydrogens (tertiary/aromatic N) is 3. The molecule has 0 atom stereocenters. The summed E-state index contributed by atoms with van der Waals surface area (Å²) in [5.74, 6) is -0.252. The fourth-order valence-corrected chi connectivity index (χ4v) is 4.78. The van der Waals surface area contributed by atoms with Crippen molar-refractivity contribution in [2.24, 2.45) is 0 Å². The highest BCUT2D eigenvalue weighted by Crippen LogP contribution is 2.50. The number of aromatic nitrogens is 1. The van der Waals surface area contributed by atoms with E-state index in [0.717, 1.165) is 23.2 Å². The summed E-state index contributed by atoms with van der Waals surface area (Å²) in [7, 11) is 1.79. The highest BCUT2D eigenvalue weighted by atomic mass is 79.9. The van der Waals surface area contributed by atoms with E-state index in [4.69, 9.17) is 0 Å². The van der Waals surface area contributed by atoms with E-state index in [-0.39, 0.29) is 11.7 Å². The van der Waals surface area contributed by atoms with Gasteiger partial charge in [-0.2, -0.15) is 0 Å². The molecule has 1 fully saturated rings. The molecule has 5 rings (SSSR count). The summed E-state index contributed by atoms with van der Waals surface area (Å²) in [6.45, 7) is 2.13. The van der Waals surface area contributed by atoms with Crippen molar-refractivity contribution in [3.8, 4) is 0 Å². The minimum Gasteiger partial charge on any atom is -0.313 e. The van der Waals surface area contributed by atoms with E-state index in [1.54, 1.807) is 24.2 Å². The summed E-state index contributed by atoms with van der Waals surface area (Å²) in [6, 6.07) is 13.4. The number of rotatable bonds is 2. The average Bonchev–Trinajstić information content (AvgIpc) is 2.86. The van der Waals surface area contributed by atoms with Crippen LogP contribution in [0.1, 0.15) is 11.1 Å². The van der Waals surface area contributed by atoms with E-state index in [9.17, 15) is 9.18 Å². The molecule has 0 unspecified atom stereocenters. The molecular weight excluding hydrogens is 409 g/mol. The van der Waals surface area contributed by atoms with Gasteiger partial charge in [0.2, 0.25) is 5.91 Å². The van der Waals surface area contributed by atoms with E-state index in [0.29, 0.717) is 23.1 Å². The van der Waals surface area contributed by atoms with Gasteiger partial charge in [0.1, 0.15) is 11.2 Å². The number of hydrogen-bond donors (Lipinski definition) is 0. The molecule has 2 aliphatic rings. The smallest absolute Gasteiger partial charge is 0.240 e. The molecule has 27 heavy (non-hydrogen) atoms. The lowest BCUT2D eigenvalue weighted by Gasteiger charge is -2.47. The second kappa shape index (κ2) is 5.84. The van der Waals surface area contributed by atoms with E-state index in [2.05, 4.69) is 37.9 Å². The molecule has 1 amide bonds. The highest BCUT2D eigenvalue weighted by Gasteiger charge is 2.58. The molecule has 1 saturated heterocycles. The first-order chi connectivity index (χ1) is 13.0. The number of carbonyl (C=O) groups is 1. The van der Waals surface area contributed by atoms with Gasteiger partial charge in [0.15, 0.2) is 0 Å². The third-order valence-electron chi connectivity index (χ3n) is 5.68. The van der Waals surface area contributed by atoms with Gasteiger partial charge in [-0.1, -0.05) is 30.3 Å². The first kappa shape index (κ1) is 16.8. The monoisotopic (exact) mass is 425 g/mol. The predicted molar refractivity (Wildman–Crippen MR) is 106 cm³/mol. The zero-order valence-corrected chi connectivity index (χ0v) is 16.3. The van der Waals surface area contributed by atoms with Crippen LogP contribution in [0.25, 0.3) is 10.9 Å². The number of carbonyl (C=O) groups excluding carboxylic acids is 1. The minimum atomic E-state index is -0.572. The Balaban J connectivity index is 1.57. The molecule has 1 spiro atoms. The summed E-state index contributed by atoms with van der Waals surface area (Å²) in [5, 5.41) is 0.845. The van der Waals surface area contributed by atoms with Crippen LogP contribution in [-0.4, -0.2) is 35.9 Å². The normalized spacial score (nSPS) is 18.2. The summed E-state index contributed by atoms with van der Waals surface area (Å²) >= 11 is 3.28. The molecule has 0 radical (unpaired) electrons. The number of amides is 1. The predicted octanol–water partition coefficient (Wildman–Crippen LogP) is 3.87. The fourth-order valence-electron chi connectivity index (χ4n) is 4.44. The van der Waals surface area contributed by atoms with Crippen molar-refractivity contribution in [2.75, 3.05) is 25.0 Å². The lowest BCUT2D eigenvalue weighted by atomic mass is 9.73. The quantitative estimate of drug-likeness (QED) is 0.625. The number of anilines is 1. The standard InChI is InChI=1S/C21H17BrFN3O/c1-25-18-9-24-17-8-16(23)15(22)7-14(17)19(18)21(20(25)27)11-26(12-21)10-13-5-3-2-4-6-13/h2-9H,10-12H2,1H3. The first-order valence-corrected chi connectivity index (χ1v) is 9.61. The number of hydrogen-bond acceptors (Lipinski definition) is 3. The Kier molecular flexibility index (Phi) is 3.64. The Morgan fingerprint density at radius 1 is 1.22 bits per heavy atom. The van der Waals surface area contributed by atoms with Crippen molar-refractivity contribution in [2.45, 2.75) is 12.0 Å². The van der Waals surface area contributed by atoms with Gasteiger partial charge < -0.3 is 4.90 Å². The van der Waals surface area contributed by atoms with Crippen LogP contribution in [0.5, 0.6) is 0 Å². The summed E-state index contributed by atoms with van der Waals surface area (Å²) in [4.78, 5) is 21.5. The van der Waals surface area contributed by atoms with Gasteiger partial charge in [-0.25, -0.2) is 4.39 Å². The number of likely N-dealkylation sites (N-methyl/N-ethyl adjacent to an activating group) is 1. The molecule has 3 aromatic rings. The van der Waals surface area contributed by atoms with Crippen LogP contribution in [0.15, 0.2) is 53.1 Å². The third kappa shape index (κ3) is 2.36. The van der Waals surface area contributed by atoms with Crippen LogP contribution in [0.2, 0.25) is 0 Å². The molecular formula is C21H17BrFN3O. The summed E-state index contributed by atoms with van der Waals surface area (Å²) in [6.07, 6.45) is 1.69. The SMILES string of the molecule is CN1C(=O)C2(CN(Cc3ccccc3)C2)c2c1cnc1cc(F)c(Br)cc21. The fraction of sp³-hybridized carbons (Fsp3) is 0.238. The van der Waals surface area contributed by atoms with Crippen LogP contribution in [0.4, 0.5) is 10.1 Å². The zero-order valence-electron chi connectivity index (χ0n) is 14.7. The van der Waals surface area contributed by atoms with Crippen LogP contribution in [0.3, 0.4) is 0 Å². The van der Waals surface area contributed by atoms with Crippen molar-refractivity contribution in [1.29, 1.82) is 0 Å². The van der Waals surface area contributed by atoms with Crippen LogP contribution in [0, 0.1) is 5.82 Å². The van der Waals surface area contributed by atoms with Gasteiger partial charge in [0.25, 0.3) is 0 Å². The van der Waals surface area contributed by atoms with Gasteiger partial charge in [-0.15, -0.1) is 0 Å². The molecule has 0 saturated carbocycles. The van der Waals surface area contributed by atoms with Crippen LogP contribution >= 0.6 is 15.9 Å². The minimum absolute atomic E-state index is 0.0940. The van der Waals surface area contributed by atoms with Gasteiger partial charge >= 0.3 is 0 Å². The summed E-state index contributed by atoms with van der Waals surface area (Å²) < 4.78 is 14.4. The van der Waals surface area contributed by atoms with Gasteiger partial charge in [-0.3, -0.25) is 14.7 Å². The lowest BCUT2D eigenvalue weighted by Crippen LogP contribution is -2.63. The van der Waals surface area contributed by atoms with E-state index >= 15 is 0 Å². The topological polar surface area (TPSA) is 36.4 Å². The third-order valence-corrected chi connectivity index (χ3v) is 6.29. The van der Waals surface area contributed by atoms with E-state index in [1.807, 2.05) is 18.2 Å². The van der Waals surface area contributed by atoms with Crippen molar-refractivity contribution in [1.82, 2.24) is 9.88 Å². The Morgan fingerprint density at radius 2 is 1.96 bits per heavy atom. The van der Waals surface area contributed by atoms with Crippen LogP contribution < -0.4 is 4.90 Å². The van der Waals surface area contributed by atoms with Gasteiger partial charge in [0, 0.05) is 43.7 Å². The molecule has 0 bridgehead atoms. The maximum absolute atomic E-state index is 14.0. The number of halogens is 2. The number of benzene rings is 2.